The van der Waals surface area contributed by atoms with E-state index in [0.717, 1.165) is 31.8 Å². The highest BCUT2D eigenvalue weighted by Crippen LogP contribution is 2.16. The van der Waals surface area contributed by atoms with E-state index in [1.165, 1.54) is 7.11 Å². The lowest BCUT2D eigenvalue weighted by Crippen LogP contribution is -2.19. The van der Waals surface area contributed by atoms with E-state index in [9.17, 15) is 4.79 Å². The van der Waals surface area contributed by atoms with Gasteiger partial charge in [0.1, 0.15) is 5.76 Å². The van der Waals surface area contributed by atoms with Crippen molar-refractivity contribution in [3.05, 3.63) is 23.7 Å². The average molecular weight is 299 g/mol. The van der Waals surface area contributed by atoms with Crippen molar-refractivity contribution in [2.45, 2.75) is 25.8 Å². The predicted molar refractivity (Wildman–Crippen MR) is 78.4 cm³/mol. The third kappa shape index (κ3) is 6.75. The lowest BCUT2D eigenvalue weighted by molar-refractivity contribution is 0.0562. The minimum Gasteiger partial charge on any atom is -0.463 e. The third-order valence-corrected chi connectivity index (χ3v) is 3.04. The Morgan fingerprint density at radius 1 is 1.24 bits per heavy atom. The molecule has 0 fully saturated rings. The number of hydrogen-bond donors (Lipinski definition) is 1. The lowest BCUT2D eigenvalue weighted by Gasteiger charge is -2.11. The highest BCUT2D eigenvalue weighted by molar-refractivity contribution is 5.86. The Labute approximate surface area is 125 Å². The zero-order valence-electron chi connectivity index (χ0n) is 13.0. The van der Waals surface area contributed by atoms with Crippen LogP contribution in [0.2, 0.25) is 0 Å². The molecule has 1 atom stereocenters. The smallest absolute Gasteiger partial charge is 0.373 e. The van der Waals surface area contributed by atoms with Crippen LogP contribution in [0, 0.1) is 0 Å². The van der Waals surface area contributed by atoms with E-state index >= 15 is 0 Å². The maximum Gasteiger partial charge on any atom is 0.373 e. The normalized spacial score (nSPS) is 12.3. The monoisotopic (exact) mass is 299 g/mol. The molecule has 0 aromatic carbocycles. The van der Waals surface area contributed by atoms with Gasteiger partial charge in [0.2, 0.25) is 5.76 Å². The van der Waals surface area contributed by atoms with Crippen molar-refractivity contribution in [2.75, 3.05) is 40.6 Å². The first-order valence-electron chi connectivity index (χ1n) is 7.17. The maximum absolute atomic E-state index is 11.3. The number of furan rings is 1. The van der Waals surface area contributed by atoms with Crippen molar-refractivity contribution in [3.63, 3.8) is 0 Å². The van der Waals surface area contributed by atoms with Gasteiger partial charge < -0.3 is 23.9 Å². The fourth-order valence-corrected chi connectivity index (χ4v) is 1.79. The molecule has 0 aliphatic rings. The number of ether oxygens (including phenoxy) is 3. The molecule has 1 aromatic heterocycles. The molecule has 0 amide bonds. The van der Waals surface area contributed by atoms with E-state index in [0.29, 0.717) is 13.2 Å². The molecule has 0 bridgehead atoms. The molecule has 6 nitrogen and oxygen atoms in total. The van der Waals surface area contributed by atoms with E-state index in [1.807, 2.05) is 6.92 Å². The van der Waals surface area contributed by atoms with Gasteiger partial charge in [-0.05, 0) is 38.4 Å². The molecule has 0 aliphatic carbocycles. The van der Waals surface area contributed by atoms with Gasteiger partial charge in [0.25, 0.3) is 0 Å². The van der Waals surface area contributed by atoms with Gasteiger partial charge in [-0.1, -0.05) is 0 Å². The summed E-state index contributed by atoms with van der Waals surface area (Å²) in [5, 5.41) is 3.35. The molecule has 1 unspecified atom stereocenters. The van der Waals surface area contributed by atoms with Crippen molar-refractivity contribution >= 4 is 5.97 Å². The largest absolute Gasteiger partial charge is 0.463 e. The SMILES string of the molecule is COCCOCCCCNC(C)c1ccc(C(=O)OC)o1. The number of carbonyl (C=O) groups excluding carboxylic acids is 1. The molecule has 1 rings (SSSR count). The molecular formula is C15H25NO5. The lowest BCUT2D eigenvalue weighted by atomic mass is 10.2. The maximum atomic E-state index is 11.3. The van der Waals surface area contributed by atoms with Crippen LogP contribution in [-0.4, -0.2) is 46.6 Å². The van der Waals surface area contributed by atoms with Crippen LogP contribution in [0.1, 0.15) is 42.1 Å². The van der Waals surface area contributed by atoms with Gasteiger partial charge in [0.05, 0.1) is 26.4 Å². The first-order chi connectivity index (χ1) is 10.2. The Bertz CT molecular complexity index is 405. The number of carbonyl (C=O) groups is 1. The fraction of sp³-hybridized carbons (Fsp3) is 0.667. The van der Waals surface area contributed by atoms with Crippen LogP contribution in [0.4, 0.5) is 0 Å². The molecule has 1 heterocycles. The molecular weight excluding hydrogens is 274 g/mol. The van der Waals surface area contributed by atoms with Crippen LogP contribution in [0.15, 0.2) is 16.5 Å². The molecule has 0 saturated heterocycles. The molecule has 6 heteroatoms. The van der Waals surface area contributed by atoms with Gasteiger partial charge in [-0.25, -0.2) is 4.79 Å². The molecule has 0 saturated carbocycles. The summed E-state index contributed by atoms with van der Waals surface area (Å²) in [7, 11) is 3.00. The molecule has 0 spiro atoms. The summed E-state index contributed by atoms with van der Waals surface area (Å²) in [5.41, 5.74) is 0. The van der Waals surface area contributed by atoms with Crippen LogP contribution in [0.3, 0.4) is 0 Å². The summed E-state index contributed by atoms with van der Waals surface area (Å²) >= 11 is 0. The molecule has 21 heavy (non-hydrogen) atoms. The minimum absolute atomic E-state index is 0.0535. The van der Waals surface area contributed by atoms with Gasteiger partial charge in [-0.2, -0.15) is 0 Å². The van der Waals surface area contributed by atoms with Crippen LogP contribution >= 0.6 is 0 Å². The number of unbranched alkanes of at least 4 members (excludes halogenated alkanes) is 1. The number of rotatable bonds is 11. The van der Waals surface area contributed by atoms with E-state index in [1.54, 1.807) is 19.2 Å². The highest BCUT2D eigenvalue weighted by atomic mass is 16.5. The Hall–Kier alpha value is -1.37. The number of methoxy groups -OCH3 is 2. The predicted octanol–water partition coefficient (Wildman–Crippen LogP) is 2.16. The second-order valence-electron chi connectivity index (χ2n) is 4.68. The van der Waals surface area contributed by atoms with Crippen molar-refractivity contribution in [1.82, 2.24) is 5.32 Å². The summed E-state index contributed by atoms with van der Waals surface area (Å²) in [6.45, 7) is 4.88. The van der Waals surface area contributed by atoms with Crippen LogP contribution in [0.25, 0.3) is 0 Å². The molecule has 0 aliphatic heterocycles. The van der Waals surface area contributed by atoms with Gasteiger partial charge in [0.15, 0.2) is 0 Å². The zero-order chi connectivity index (χ0) is 15.5. The topological polar surface area (TPSA) is 69.9 Å². The summed E-state index contributed by atoms with van der Waals surface area (Å²) in [5.74, 6) is 0.501. The van der Waals surface area contributed by atoms with Gasteiger partial charge in [0, 0.05) is 13.7 Å². The summed E-state index contributed by atoms with van der Waals surface area (Å²) in [4.78, 5) is 11.3. The zero-order valence-corrected chi connectivity index (χ0v) is 13.0. The second kappa shape index (κ2) is 10.4. The van der Waals surface area contributed by atoms with Gasteiger partial charge >= 0.3 is 5.97 Å². The third-order valence-electron chi connectivity index (χ3n) is 3.04. The summed E-state index contributed by atoms with van der Waals surface area (Å²) in [6, 6.07) is 3.47. The van der Waals surface area contributed by atoms with Crippen molar-refractivity contribution in [2.24, 2.45) is 0 Å². The summed E-state index contributed by atoms with van der Waals surface area (Å²) < 4.78 is 20.3. The standard InChI is InChI=1S/C15H25NO5/c1-12(13-6-7-14(21-13)15(17)19-3)16-8-4-5-9-20-11-10-18-2/h6-7,12,16H,4-5,8-11H2,1-3H3. The van der Waals surface area contributed by atoms with E-state index in [-0.39, 0.29) is 11.8 Å². The molecule has 1 aromatic rings. The van der Waals surface area contributed by atoms with Gasteiger partial charge in [-0.3, -0.25) is 0 Å². The second-order valence-corrected chi connectivity index (χ2v) is 4.68. The Kier molecular flexibility index (Phi) is 8.73. The quantitative estimate of drug-likeness (QED) is 0.499. The van der Waals surface area contributed by atoms with Crippen LogP contribution in [-0.2, 0) is 14.2 Å². The van der Waals surface area contributed by atoms with Crippen LogP contribution < -0.4 is 5.32 Å². The van der Waals surface area contributed by atoms with Crippen molar-refractivity contribution < 1.29 is 23.4 Å². The molecule has 1 N–H and O–H groups in total. The Morgan fingerprint density at radius 3 is 2.76 bits per heavy atom. The van der Waals surface area contributed by atoms with E-state index in [2.05, 4.69) is 10.1 Å². The first-order valence-corrected chi connectivity index (χ1v) is 7.17. The highest BCUT2D eigenvalue weighted by Gasteiger charge is 2.14. The average Bonchev–Trinajstić information content (AvgIpc) is 2.99. The van der Waals surface area contributed by atoms with E-state index in [4.69, 9.17) is 13.9 Å². The van der Waals surface area contributed by atoms with Crippen LogP contribution in [0.5, 0.6) is 0 Å². The molecule has 120 valence electrons. The van der Waals surface area contributed by atoms with Gasteiger partial charge in [-0.15, -0.1) is 0 Å². The summed E-state index contributed by atoms with van der Waals surface area (Å²) in [6.07, 6.45) is 2.01. The minimum atomic E-state index is -0.457. The molecule has 0 radical (unpaired) electrons. The number of nitrogens with one attached hydrogen (secondary N) is 1. The van der Waals surface area contributed by atoms with Crippen molar-refractivity contribution in [3.8, 4) is 0 Å². The Balaban J connectivity index is 2.14. The fourth-order valence-electron chi connectivity index (χ4n) is 1.79. The Morgan fingerprint density at radius 2 is 2.05 bits per heavy atom. The number of hydrogen-bond acceptors (Lipinski definition) is 6. The number of esters is 1. The van der Waals surface area contributed by atoms with E-state index < -0.39 is 5.97 Å². The van der Waals surface area contributed by atoms with Crippen molar-refractivity contribution in [1.29, 1.82) is 0 Å². The first kappa shape index (κ1) is 17.7.